The fraction of sp³-hybridized carbons (Fsp3) is 0.500. The largest absolute Gasteiger partial charge is 0.397 e. The zero-order chi connectivity index (χ0) is 11.8. The molecule has 1 aromatic rings. The van der Waals surface area contributed by atoms with Crippen LogP contribution < -0.4 is 11.1 Å². The van der Waals surface area contributed by atoms with Crippen molar-refractivity contribution in [3.05, 3.63) is 18.3 Å². The molecule has 3 N–H and O–H groups in total. The number of unbranched alkanes of at least 4 members (excludes halogenated alkanes) is 3. The van der Waals surface area contributed by atoms with Crippen molar-refractivity contribution in [3.8, 4) is 0 Å². The number of rotatable bonds is 6. The maximum absolute atomic E-state index is 11.5. The van der Waals surface area contributed by atoms with Crippen molar-refractivity contribution in [2.75, 3.05) is 11.1 Å². The van der Waals surface area contributed by atoms with Crippen LogP contribution in [-0.2, 0) is 4.79 Å². The van der Waals surface area contributed by atoms with E-state index in [0.29, 0.717) is 17.9 Å². The van der Waals surface area contributed by atoms with Crippen molar-refractivity contribution in [3.63, 3.8) is 0 Å². The summed E-state index contributed by atoms with van der Waals surface area (Å²) in [4.78, 5) is 15.5. The van der Waals surface area contributed by atoms with Gasteiger partial charge in [-0.3, -0.25) is 4.79 Å². The molecule has 0 fully saturated rings. The van der Waals surface area contributed by atoms with Crippen LogP contribution in [0, 0.1) is 0 Å². The number of nitrogens with two attached hydrogens (primary N) is 1. The van der Waals surface area contributed by atoms with Gasteiger partial charge in [-0.15, -0.1) is 0 Å². The first-order chi connectivity index (χ1) is 7.72. The third kappa shape index (κ3) is 4.77. The highest BCUT2D eigenvalue weighted by atomic mass is 16.1. The molecule has 0 aliphatic rings. The molecule has 0 bridgehead atoms. The van der Waals surface area contributed by atoms with Crippen LogP contribution in [-0.4, -0.2) is 10.9 Å². The molecule has 0 spiro atoms. The van der Waals surface area contributed by atoms with E-state index < -0.39 is 0 Å². The molecule has 4 nitrogen and oxygen atoms in total. The van der Waals surface area contributed by atoms with E-state index in [1.165, 1.54) is 19.0 Å². The molecule has 1 amide bonds. The molecule has 0 saturated heterocycles. The summed E-state index contributed by atoms with van der Waals surface area (Å²) >= 11 is 0. The molecular weight excluding hydrogens is 202 g/mol. The summed E-state index contributed by atoms with van der Waals surface area (Å²) in [6, 6.07) is 3.43. The van der Waals surface area contributed by atoms with Crippen LogP contribution in [0.3, 0.4) is 0 Å². The molecule has 0 aliphatic carbocycles. The Morgan fingerprint density at radius 1 is 1.38 bits per heavy atom. The maximum atomic E-state index is 11.5. The quantitative estimate of drug-likeness (QED) is 0.725. The Morgan fingerprint density at radius 3 is 2.81 bits per heavy atom. The molecule has 0 aliphatic heterocycles. The second kappa shape index (κ2) is 6.82. The SMILES string of the molecule is CCCCCCC(=O)Nc1ccc(N)cn1. The van der Waals surface area contributed by atoms with Gasteiger partial charge in [0.05, 0.1) is 11.9 Å². The number of hydrogen-bond donors (Lipinski definition) is 2. The zero-order valence-electron chi connectivity index (χ0n) is 9.70. The number of hydrogen-bond acceptors (Lipinski definition) is 3. The number of carbonyl (C=O) groups excluding carboxylic acids is 1. The standard InChI is InChI=1S/C12H19N3O/c1-2-3-4-5-6-12(16)15-11-8-7-10(13)9-14-11/h7-9H,2-6,13H2,1H3,(H,14,15,16). The highest BCUT2D eigenvalue weighted by Crippen LogP contribution is 2.08. The average molecular weight is 221 g/mol. The lowest BCUT2D eigenvalue weighted by Crippen LogP contribution is -2.12. The van der Waals surface area contributed by atoms with Crippen LogP contribution in [0.25, 0.3) is 0 Å². The number of nitrogens with zero attached hydrogens (tertiary/aromatic N) is 1. The van der Waals surface area contributed by atoms with E-state index >= 15 is 0 Å². The molecule has 4 heteroatoms. The Balaban J connectivity index is 2.26. The maximum Gasteiger partial charge on any atom is 0.225 e. The number of pyridine rings is 1. The van der Waals surface area contributed by atoms with E-state index in [4.69, 9.17) is 5.73 Å². The molecular formula is C12H19N3O. The van der Waals surface area contributed by atoms with Gasteiger partial charge in [0.2, 0.25) is 5.91 Å². The molecule has 0 radical (unpaired) electrons. The van der Waals surface area contributed by atoms with E-state index in [9.17, 15) is 4.79 Å². The molecule has 0 atom stereocenters. The molecule has 1 heterocycles. The average Bonchev–Trinajstić information content (AvgIpc) is 2.28. The van der Waals surface area contributed by atoms with Crippen molar-refractivity contribution in [2.24, 2.45) is 0 Å². The molecule has 0 aromatic carbocycles. The lowest BCUT2D eigenvalue weighted by Gasteiger charge is -2.04. The summed E-state index contributed by atoms with van der Waals surface area (Å²) in [7, 11) is 0. The van der Waals surface area contributed by atoms with Gasteiger partial charge in [0.15, 0.2) is 0 Å². The zero-order valence-corrected chi connectivity index (χ0v) is 9.70. The van der Waals surface area contributed by atoms with Gasteiger partial charge < -0.3 is 11.1 Å². The van der Waals surface area contributed by atoms with Gasteiger partial charge in [0, 0.05) is 6.42 Å². The highest BCUT2D eigenvalue weighted by Gasteiger charge is 2.02. The highest BCUT2D eigenvalue weighted by molar-refractivity contribution is 5.89. The fourth-order valence-corrected chi connectivity index (χ4v) is 1.40. The Kier molecular flexibility index (Phi) is 5.32. The second-order valence-electron chi connectivity index (χ2n) is 3.84. The minimum absolute atomic E-state index is 0.0216. The number of nitrogens with one attached hydrogen (secondary N) is 1. The van der Waals surface area contributed by atoms with Crippen molar-refractivity contribution < 1.29 is 4.79 Å². The van der Waals surface area contributed by atoms with Crippen LogP contribution in [0.15, 0.2) is 18.3 Å². The number of aromatic nitrogens is 1. The molecule has 0 unspecified atom stereocenters. The van der Waals surface area contributed by atoms with Crippen molar-refractivity contribution in [1.82, 2.24) is 4.98 Å². The summed E-state index contributed by atoms with van der Waals surface area (Å²) in [6.45, 7) is 2.15. The predicted molar refractivity (Wildman–Crippen MR) is 66.0 cm³/mol. The van der Waals surface area contributed by atoms with E-state index in [-0.39, 0.29) is 5.91 Å². The summed E-state index contributed by atoms with van der Waals surface area (Å²) < 4.78 is 0. The van der Waals surface area contributed by atoms with Gasteiger partial charge in [-0.2, -0.15) is 0 Å². The number of nitrogen functional groups attached to an aromatic ring is 1. The molecule has 16 heavy (non-hydrogen) atoms. The first kappa shape index (κ1) is 12.5. The van der Waals surface area contributed by atoms with E-state index in [2.05, 4.69) is 17.2 Å². The van der Waals surface area contributed by atoms with E-state index in [0.717, 1.165) is 12.8 Å². The topological polar surface area (TPSA) is 68.0 Å². The third-order valence-electron chi connectivity index (χ3n) is 2.31. The third-order valence-corrected chi connectivity index (χ3v) is 2.31. The van der Waals surface area contributed by atoms with Crippen LogP contribution in [0.5, 0.6) is 0 Å². The summed E-state index contributed by atoms with van der Waals surface area (Å²) in [6.07, 6.45) is 6.51. The van der Waals surface area contributed by atoms with Crippen molar-refractivity contribution in [2.45, 2.75) is 39.0 Å². The van der Waals surface area contributed by atoms with Crippen LogP contribution >= 0.6 is 0 Å². The van der Waals surface area contributed by atoms with Crippen molar-refractivity contribution in [1.29, 1.82) is 0 Å². The number of anilines is 2. The Morgan fingerprint density at radius 2 is 2.19 bits per heavy atom. The number of amides is 1. The van der Waals surface area contributed by atoms with E-state index in [1.54, 1.807) is 12.1 Å². The Bertz CT molecular complexity index is 322. The second-order valence-corrected chi connectivity index (χ2v) is 3.84. The number of carbonyl (C=O) groups is 1. The minimum Gasteiger partial charge on any atom is -0.397 e. The molecule has 1 rings (SSSR count). The predicted octanol–water partition coefficient (Wildman–Crippen LogP) is 2.57. The monoisotopic (exact) mass is 221 g/mol. The lowest BCUT2D eigenvalue weighted by atomic mass is 10.1. The Labute approximate surface area is 96.3 Å². The van der Waals surface area contributed by atoms with Crippen LogP contribution in [0.1, 0.15) is 39.0 Å². The van der Waals surface area contributed by atoms with Gasteiger partial charge in [-0.1, -0.05) is 26.2 Å². The van der Waals surface area contributed by atoms with Gasteiger partial charge in [0.25, 0.3) is 0 Å². The molecule has 0 saturated carbocycles. The van der Waals surface area contributed by atoms with Crippen molar-refractivity contribution >= 4 is 17.4 Å². The van der Waals surface area contributed by atoms with Crippen LogP contribution in [0.2, 0.25) is 0 Å². The summed E-state index contributed by atoms with van der Waals surface area (Å²) in [5.41, 5.74) is 6.09. The molecule has 88 valence electrons. The minimum atomic E-state index is 0.0216. The van der Waals surface area contributed by atoms with Gasteiger partial charge in [-0.05, 0) is 18.6 Å². The van der Waals surface area contributed by atoms with Gasteiger partial charge in [-0.25, -0.2) is 4.98 Å². The van der Waals surface area contributed by atoms with Gasteiger partial charge in [0.1, 0.15) is 5.82 Å². The van der Waals surface area contributed by atoms with Crippen LogP contribution in [0.4, 0.5) is 11.5 Å². The molecule has 1 aromatic heterocycles. The normalized spacial score (nSPS) is 10.1. The first-order valence-electron chi connectivity index (χ1n) is 5.73. The smallest absolute Gasteiger partial charge is 0.225 e. The lowest BCUT2D eigenvalue weighted by molar-refractivity contribution is -0.116. The summed E-state index contributed by atoms with van der Waals surface area (Å²) in [5, 5.41) is 2.74. The first-order valence-corrected chi connectivity index (χ1v) is 5.73. The van der Waals surface area contributed by atoms with E-state index in [1.807, 2.05) is 0 Å². The van der Waals surface area contributed by atoms with Gasteiger partial charge >= 0.3 is 0 Å². The fourth-order valence-electron chi connectivity index (χ4n) is 1.40. The Hall–Kier alpha value is -1.58. The summed E-state index contributed by atoms with van der Waals surface area (Å²) in [5.74, 6) is 0.586.